The maximum Gasteiger partial charge on any atom is 0.435 e. The fourth-order valence-electron chi connectivity index (χ4n) is 1.54. The quantitative estimate of drug-likeness (QED) is 0.705. The predicted molar refractivity (Wildman–Crippen MR) is 56.1 cm³/mol. The standard InChI is InChI=1S/C10H15N3O2/c1-10(2,3)15-9(14)13-8-4-5-11-7(8)6-12-13/h6,11H,4-5H2,1-3H3. The Morgan fingerprint density at radius 3 is 3.00 bits per heavy atom. The third-order valence-electron chi connectivity index (χ3n) is 2.11. The fourth-order valence-corrected chi connectivity index (χ4v) is 1.54. The zero-order valence-corrected chi connectivity index (χ0v) is 9.20. The molecule has 1 N–H and O–H groups in total. The average Bonchev–Trinajstić information content (AvgIpc) is 2.57. The van der Waals surface area contributed by atoms with Crippen LogP contribution in [0, 0.1) is 0 Å². The molecule has 1 aromatic heterocycles. The molecule has 0 bridgehead atoms. The van der Waals surface area contributed by atoms with Gasteiger partial charge in [0.15, 0.2) is 0 Å². The van der Waals surface area contributed by atoms with Crippen LogP contribution in [0.5, 0.6) is 0 Å². The summed E-state index contributed by atoms with van der Waals surface area (Å²) < 4.78 is 6.58. The van der Waals surface area contributed by atoms with E-state index in [0.29, 0.717) is 0 Å². The van der Waals surface area contributed by atoms with E-state index in [1.54, 1.807) is 6.20 Å². The van der Waals surface area contributed by atoms with Gasteiger partial charge in [-0.2, -0.15) is 9.78 Å². The summed E-state index contributed by atoms with van der Waals surface area (Å²) in [5, 5.41) is 7.15. The SMILES string of the molecule is CC(C)(C)OC(=O)n1ncc2c1CCN2. The van der Waals surface area contributed by atoms with Crippen LogP contribution in [-0.2, 0) is 11.2 Å². The minimum Gasteiger partial charge on any atom is -0.442 e. The van der Waals surface area contributed by atoms with Gasteiger partial charge in [-0.15, -0.1) is 0 Å². The summed E-state index contributed by atoms with van der Waals surface area (Å²) in [7, 11) is 0. The number of anilines is 1. The lowest BCUT2D eigenvalue weighted by molar-refractivity contribution is 0.0510. The molecule has 0 aromatic carbocycles. The predicted octanol–water partition coefficient (Wildman–Crippen LogP) is 1.63. The van der Waals surface area contributed by atoms with Crippen molar-refractivity contribution in [1.82, 2.24) is 9.78 Å². The molecular formula is C10H15N3O2. The summed E-state index contributed by atoms with van der Waals surface area (Å²) in [6.07, 6.45) is 2.06. The summed E-state index contributed by atoms with van der Waals surface area (Å²) in [4.78, 5) is 11.7. The van der Waals surface area contributed by atoms with Gasteiger partial charge in [-0.3, -0.25) is 0 Å². The molecule has 0 radical (unpaired) electrons. The Balaban J connectivity index is 2.20. The van der Waals surface area contributed by atoms with Crippen LogP contribution >= 0.6 is 0 Å². The number of carbonyl (C=O) groups excluding carboxylic acids is 1. The zero-order valence-electron chi connectivity index (χ0n) is 9.20. The molecule has 0 saturated carbocycles. The summed E-state index contributed by atoms with van der Waals surface area (Å²) >= 11 is 0. The molecule has 0 atom stereocenters. The molecule has 0 unspecified atom stereocenters. The van der Waals surface area contributed by atoms with Gasteiger partial charge in [0, 0.05) is 13.0 Å². The van der Waals surface area contributed by atoms with Gasteiger partial charge in [0.2, 0.25) is 0 Å². The van der Waals surface area contributed by atoms with Crippen LogP contribution in [0.25, 0.3) is 0 Å². The number of hydrogen-bond acceptors (Lipinski definition) is 4. The number of nitrogens with one attached hydrogen (secondary N) is 1. The molecule has 2 rings (SSSR count). The maximum atomic E-state index is 11.7. The van der Waals surface area contributed by atoms with Gasteiger partial charge in [-0.1, -0.05) is 0 Å². The maximum absolute atomic E-state index is 11.7. The van der Waals surface area contributed by atoms with Crippen molar-refractivity contribution in [1.29, 1.82) is 0 Å². The molecule has 5 heteroatoms. The molecule has 0 amide bonds. The topological polar surface area (TPSA) is 56.2 Å². The Morgan fingerprint density at radius 1 is 1.60 bits per heavy atom. The molecular weight excluding hydrogens is 194 g/mol. The second kappa shape index (κ2) is 3.25. The number of hydrogen-bond donors (Lipinski definition) is 1. The summed E-state index contributed by atoms with van der Waals surface area (Å²) in [5.74, 6) is 0. The van der Waals surface area contributed by atoms with Gasteiger partial charge in [0.25, 0.3) is 0 Å². The van der Waals surface area contributed by atoms with Crippen LogP contribution in [0.2, 0.25) is 0 Å². The third-order valence-corrected chi connectivity index (χ3v) is 2.11. The highest BCUT2D eigenvalue weighted by Gasteiger charge is 2.24. The number of aromatic nitrogens is 2. The van der Waals surface area contributed by atoms with Crippen molar-refractivity contribution in [3.8, 4) is 0 Å². The number of nitrogens with zero attached hydrogens (tertiary/aromatic N) is 2. The first-order chi connectivity index (χ1) is 6.97. The van der Waals surface area contributed by atoms with E-state index in [-0.39, 0.29) is 0 Å². The lowest BCUT2D eigenvalue weighted by Gasteiger charge is -2.19. The van der Waals surface area contributed by atoms with Crippen LogP contribution in [0.4, 0.5) is 10.5 Å². The first-order valence-electron chi connectivity index (χ1n) is 5.01. The highest BCUT2D eigenvalue weighted by molar-refractivity contribution is 5.73. The van der Waals surface area contributed by atoms with Gasteiger partial charge in [0.1, 0.15) is 5.60 Å². The van der Waals surface area contributed by atoms with Crippen molar-refractivity contribution in [2.75, 3.05) is 11.9 Å². The van der Waals surface area contributed by atoms with Gasteiger partial charge in [-0.05, 0) is 20.8 Å². The molecule has 1 aromatic rings. The Hall–Kier alpha value is -1.52. The van der Waals surface area contributed by atoms with Crippen molar-refractivity contribution in [2.45, 2.75) is 32.8 Å². The molecule has 15 heavy (non-hydrogen) atoms. The number of rotatable bonds is 0. The number of carbonyl (C=O) groups is 1. The second-order valence-corrected chi connectivity index (χ2v) is 4.57. The van der Waals surface area contributed by atoms with E-state index in [2.05, 4.69) is 10.4 Å². The van der Waals surface area contributed by atoms with E-state index in [4.69, 9.17) is 4.74 Å². The lowest BCUT2D eigenvalue weighted by Crippen LogP contribution is -2.28. The van der Waals surface area contributed by atoms with Crippen LogP contribution in [0.3, 0.4) is 0 Å². The van der Waals surface area contributed by atoms with Crippen LogP contribution in [0.15, 0.2) is 6.20 Å². The highest BCUT2D eigenvalue weighted by Crippen LogP contribution is 2.21. The molecule has 0 spiro atoms. The molecule has 5 nitrogen and oxygen atoms in total. The van der Waals surface area contributed by atoms with E-state index in [0.717, 1.165) is 24.3 Å². The number of ether oxygens (including phenoxy) is 1. The minimum atomic E-state index is -0.484. The van der Waals surface area contributed by atoms with E-state index < -0.39 is 11.7 Å². The molecule has 2 heterocycles. The molecule has 0 aliphatic carbocycles. The Labute approximate surface area is 88.4 Å². The van der Waals surface area contributed by atoms with Crippen molar-refractivity contribution in [3.05, 3.63) is 11.9 Å². The van der Waals surface area contributed by atoms with Crippen molar-refractivity contribution in [3.63, 3.8) is 0 Å². The van der Waals surface area contributed by atoms with Gasteiger partial charge in [0.05, 0.1) is 17.6 Å². The van der Waals surface area contributed by atoms with Crippen molar-refractivity contribution in [2.24, 2.45) is 0 Å². The number of fused-ring (bicyclic) bond motifs is 1. The molecule has 0 fully saturated rings. The Morgan fingerprint density at radius 2 is 2.33 bits per heavy atom. The zero-order chi connectivity index (χ0) is 11.1. The monoisotopic (exact) mass is 209 g/mol. The second-order valence-electron chi connectivity index (χ2n) is 4.57. The van der Waals surface area contributed by atoms with Gasteiger partial charge >= 0.3 is 6.09 Å². The van der Waals surface area contributed by atoms with Crippen LogP contribution in [-0.4, -0.2) is 28.0 Å². The average molecular weight is 209 g/mol. The van der Waals surface area contributed by atoms with E-state index >= 15 is 0 Å². The van der Waals surface area contributed by atoms with Crippen molar-refractivity contribution < 1.29 is 9.53 Å². The van der Waals surface area contributed by atoms with Crippen LogP contribution < -0.4 is 5.32 Å². The Kier molecular flexibility index (Phi) is 2.17. The van der Waals surface area contributed by atoms with Gasteiger partial charge in [-0.25, -0.2) is 4.79 Å². The van der Waals surface area contributed by atoms with E-state index in [1.807, 2.05) is 20.8 Å². The Bertz CT molecular complexity index is 390. The van der Waals surface area contributed by atoms with E-state index in [9.17, 15) is 4.79 Å². The van der Waals surface area contributed by atoms with Gasteiger partial charge < -0.3 is 10.1 Å². The fraction of sp³-hybridized carbons (Fsp3) is 0.600. The molecule has 0 saturated heterocycles. The smallest absolute Gasteiger partial charge is 0.435 e. The molecule has 82 valence electrons. The molecule has 1 aliphatic heterocycles. The summed E-state index contributed by atoms with van der Waals surface area (Å²) in [6.45, 7) is 6.38. The summed E-state index contributed by atoms with van der Waals surface area (Å²) in [6, 6.07) is 0. The minimum absolute atomic E-state index is 0.410. The first kappa shape index (κ1) is 10.0. The normalized spacial score (nSPS) is 14.6. The van der Waals surface area contributed by atoms with E-state index in [1.165, 1.54) is 4.68 Å². The highest BCUT2D eigenvalue weighted by atomic mass is 16.6. The van der Waals surface area contributed by atoms with Crippen LogP contribution in [0.1, 0.15) is 26.5 Å². The van der Waals surface area contributed by atoms with Crippen molar-refractivity contribution >= 4 is 11.8 Å². The summed E-state index contributed by atoms with van der Waals surface area (Å²) in [5.41, 5.74) is 1.35. The lowest BCUT2D eigenvalue weighted by atomic mass is 10.2. The first-order valence-corrected chi connectivity index (χ1v) is 5.01. The third kappa shape index (κ3) is 1.95. The largest absolute Gasteiger partial charge is 0.442 e. The molecule has 1 aliphatic rings.